The molecule has 1 N–H and O–H groups in total. The minimum Gasteiger partial charge on any atom is -0.319 e. The highest BCUT2D eigenvalue weighted by Crippen LogP contribution is 2.31. The minimum absolute atomic E-state index is 0.0529. The number of nitrogens with one attached hydrogen (secondary N) is 1. The summed E-state index contributed by atoms with van der Waals surface area (Å²) in [6.45, 7) is 1.87. The maximum Gasteiger partial charge on any atom is 0.255 e. The van der Waals surface area contributed by atoms with Gasteiger partial charge in [-0.25, -0.2) is 4.39 Å². The van der Waals surface area contributed by atoms with Crippen molar-refractivity contribution in [3.8, 4) is 0 Å². The zero-order valence-corrected chi connectivity index (χ0v) is 13.4. The van der Waals surface area contributed by atoms with Gasteiger partial charge in [-0.1, -0.05) is 39.1 Å². The van der Waals surface area contributed by atoms with E-state index >= 15 is 0 Å². The molecule has 2 aromatic rings. The van der Waals surface area contributed by atoms with Gasteiger partial charge >= 0.3 is 0 Å². The third-order valence-electron chi connectivity index (χ3n) is 2.67. The summed E-state index contributed by atoms with van der Waals surface area (Å²) in [7, 11) is 0. The number of aryl methyl sites for hydroxylation is 1. The Morgan fingerprint density at radius 1 is 1.20 bits per heavy atom. The van der Waals surface area contributed by atoms with E-state index in [1.165, 1.54) is 0 Å². The molecule has 0 spiro atoms. The van der Waals surface area contributed by atoms with Gasteiger partial charge in [-0.15, -0.1) is 0 Å². The van der Waals surface area contributed by atoms with Gasteiger partial charge in [0.15, 0.2) is 0 Å². The summed E-state index contributed by atoms with van der Waals surface area (Å²) in [5.74, 6) is -0.923. The van der Waals surface area contributed by atoms with E-state index in [-0.39, 0.29) is 21.6 Å². The fourth-order valence-corrected chi connectivity index (χ4v) is 2.43. The van der Waals surface area contributed by atoms with Gasteiger partial charge < -0.3 is 5.32 Å². The third-order valence-corrected chi connectivity index (χ3v) is 4.15. The standard InChI is InChI=1S/C14H9BrCl2FNO/c1-7-4-8(2-3-10(7)15)14(20)19-13-11(16)5-9(18)6-12(13)17/h2-6H,1H3,(H,19,20). The van der Waals surface area contributed by atoms with E-state index in [1.54, 1.807) is 18.2 Å². The molecule has 0 radical (unpaired) electrons. The normalized spacial score (nSPS) is 10.4. The second-order valence-electron chi connectivity index (χ2n) is 4.16. The highest BCUT2D eigenvalue weighted by atomic mass is 79.9. The van der Waals surface area contributed by atoms with Crippen LogP contribution in [-0.2, 0) is 0 Å². The average molecular weight is 377 g/mol. The Morgan fingerprint density at radius 3 is 2.35 bits per heavy atom. The van der Waals surface area contributed by atoms with Gasteiger partial charge in [0.1, 0.15) is 5.82 Å². The van der Waals surface area contributed by atoms with Gasteiger partial charge in [-0.2, -0.15) is 0 Å². The van der Waals surface area contributed by atoms with E-state index in [2.05, 4.69) is 21.2 Å². The lowest BCUT2D eigenvalue weighted by atomic mass is 10.1. The molecule has 2 aromatic carbocycles. The third kappa shape index (κ3) is 3.32. The summed E-state index contributed by atoms with van der Waals surface area (Å²) in [6, 6.07) is 7.35. The number of carbonyl (C=O) groups is 1. The molecule has 20 heavy (non-hydrogen) atoms. The number of rotatable bonds is 2. The molecule has 6 heteroatoms. The summed E-state index contributed by atoms with van der Waals surface area (Å²) < 4.78 is 14.0. The summed E-state index contributed by atoms with van der Waals surface area (Å²) in [4.78, 5) is 12.1. The molecule has 0 fully saturated rings. The van der Waals surface area contributed by atoms with Crippen molar-refractivity contribution >= 4 is 50.7 Å². The molecule has 0 aliphatic heterocycles. The van der Waals surface area contributed by atoms with E-state index in [0.717, 1.165) is 22.2 Å². The number of carbonyl (C=O) groups excluding carboxylic acids is 1. The first-order valence-electron chi connectivity index (χ1n) is 5.60. The van der Waals surface area contributed by atoms with E-state index in [1.807, 2.05) is 6.92 Å². The first-order valence-corrected chi connectivity index (χ1v) is 7.15. The van der Waals surface area contributed by atoms with Crippen LogP contribution in [0.1, 0.15) is 15.9 Å². The van der Waals surface area contributed by atoms with Crippen LogP contribution in [-0.4, -0.2) is 5.91 Å². The lowest BCUT2D eigenvalue weighted by molar-refractivity contribution is 0.102. The van der Waals surface area contributed by atoms with Gasteiger partial charge in [0.05, 0.1) is 15.7 Å². The van der Waals surface area contributed by atoms with Gasteiger partial charge in [0.2, 0.25) is 0 Å². The highest BCUT2D eigenvalue weighted by Gasteiger charge is 2.13. The van der Waals surface area contributed by atoms with E-state index in [0.29, 0.717) is 5.56 Å². The number of hydrogen-bond donors (Lipinski definition) is 1. The Hall–Kier alpha value is -1.10. The second kappa shape index (κ2) is 6.12. The molecular weight excluding hydrogens is 368 g/mol. The number of halogens is 4. The predicted octanol–water partition coefficient (Wildman–Crippen LogP) is 5.46. The Kier molecular flexibility index (Phi) is 4.68. The summed E-state index contributed by atoms with van der Waals surface area (Å²) in [6.07, 6.45) is 0. The van der Waals surface area contributed by atoms with Crippen LogP contribution in [0, 0.1) is 12.7 Å². The first kappa shape index (κ1) is 15.3. The van der Waals surface area contributed by atoms with Crippen molar-refractivity contribution < 1.29 is 9.18 Å². The Balaban J connectivity index is 2.30. The summed E-state index contributed by atoms with van der Waals surface area (Å²) in [5, 5.41) is 2.69. The lowest BCUT2D eigenvalue weighted by Gasteiger charge is -2.10. The smallest absolute Gasteiger partial charge is 0.255 e. The van der Waals surface area contributed by atoms with Crippen LogP contribution in [0.5, 0.6) is 0 Å². The van der Waals surface area contributed by atoms with Crippen LogP contribution in [0.25, 0.3) is 0 Å². The molecule has 104 valence electrons. The molecule has 0 aliphatic rings. The second-order valence-corrected chi connectivity index (χ2v) is 5.83. The monoisotopic (exact) mass is 375 g/mol. The van der Waals surface area contributed by atoms with Crippen LogP contribution >= 0.6 is 39.1 Å². The van der Waals surface area contributed by atoms with Gasteiger partial charge in [0.25, 0.3) is 5.91 Å². The van der Waals surface area contributed by atoms with E-state index < -0.39 is 5.82 Å². The predicted molar refractivity (Wildman–Crippen MR) is 83.3 cm³/mol. The summed E-state index contributed by atoms with van der Waals surface area (Å²) in [5.41, 5.74) is 1.58. The SMILES string of the molecule is Cc1cc(C(=O)Nc2c(Cl)cc(F)cc2Cl)ccc1Br. The van der Waals surface area contributed by atoms with Crippen molar-refractivity contribution in [3.63, 3.8) is 0 Å². The van der Waals surface area contributed by atoms with Gasteiger partial charge in [0, 0.05) is 10.0 Å². The molecule has 0 aromatic heterocycles. The number of hydrogen-bond acceptors (Lipinski definition) is 1. The largest absolute Gasteiger partial charge is 0.319 e. The first-order chi connectivity index (χ1) is 9.38. The van der Waals surface area contributed by atoms with Gasteiger partial charge in [-0.05, 0) is 42.8 Å². The van der Waals surface area contributed by atoms with Crippen molar-refractivity contribution in [1.29, 1.82) is 0 Å². The van der Waals surface area contributed by atoms with Gasteiger partial charge in [-0.3, -0.25) is 4.79 Å². The van der Waals surface area contributed by atoms with Crippen molar-refractivity contribution in [2.45, 2.75) is 6.92 Å². The molecule has 0 heterocycles. The molecule has 0 unspecified atom stereocenters. The number of benzene rings is 2. The van der Waals surface area contributed by atoms with E-state index in [4.69, 9.17) is 23.2 Å². The van der Waals surface area contributed by atoms with Crippen LogP contribution in [0.3, 0.4) is 0 Å². The minimum atomic E-state index is -0.558. The molecule has 0 atom stereocenters. The molecule has 0 aliphatic carbocycles. The van der Waals surface area contributed by atoms with E-state index in [9.17, 15) is 9.18 Å². The zero-order chi connectivity index (χ0) is 14.9. The van der Waals surface area contributed by atoms with Crippen LogP contribution in [0.15, 0.2) is 34.8 Å². The Morgan fingerprint density at radius 2 is 1.80 bits per heavy atom. The molecule has 0 saturated heterocycles. The molecule has 1 amide bonds. The topological polar surface area (TPSA) is 29.1 Å². The summed E-state index contributed by atoms with van der Waals surface area (Å²) >= 11 is 15.1. The number of anilines is 1. The average Bonchev–Trinajstić information content (AvgIpc) is 2.36. The van der Waals surface area contributed by atoms with Crippen LogP contribution in [0.4, 0.5) is 10.1 Å². The molecule has 2 nitrogen and oxygen atoms in total. The van der Waals surface area contributed by atoms with Crippen molar-refractivity contribution in [2.75, 3.05) is 5.32 Å². The van der Waals surface area contributed by atoms with Crippen molar-refractivity contribution in [1.82, 2.24) is 0 Å². The fraction of sp³-hybridized carbons (Fsp3) is 0.0714. The van der Waals surface area contributed by atoms with Crippen LogP contribution < -0.4 is 5.32 Å². The highest BCUT2D eigenvalue weighted by molar-refractivity contribution is 9.10. The quantitative estimate of drug-likeness (QED) is 0.741. The van der Waals surface area contributed by atoms with Crippen molar-refractivity contribution in [3.05, 3.63) is 61.8 Å². The fourth-order valence-electron chi connectivity index (χ4n) is 1.63. The Bertz CT molecular complexity index is 668. The maximum absolute atomic E-state index is 13.1. The molecule has 0 saturated carbocycles. The maximum atomic E-state index is 13.1. The lowest BCUT2D eigenvalue weighted by Crippen LogP contribution is -2.13. The van der Waals surface area contributed by atoms with Crippen molar-refractivity contribution in [2.24, 2.45) is 0 Å². The molecular formula is C14H9BrCl2FNO. The number of amides is 1. The zero-order valence-electron chi connectivity index (χ0n) is 10.3. The Labute approximate surface area is 134 Å². The molecule has 0 bridgehead atoms. The van der Waals surface area contributed by atoms with Crippen LogP contribution in [0.2, 0.25) is 10.0 Å². The molecule has 2 rings (SSSR count).